The average Bonchev–Trinajstić information content (AvgIpc) is 2.63. The third kappa shape index (κ3) is 4.63. The van der Waals surface area contributed by atoms with Crippen molar-refractivity contribution in [3.8, 4) is 5.75 Å². The molecule has 0 aliphatic carbocycles. The highest BCUT2D eigenvalue weighted by atomic mass is 19.4. The molecule has 0 saturated carbocycles. The third-order valence-electron chi connectivity index (χ3n) is 3.55. The quantitative estimate of drug-likeness (QED) is 0.603. The molecular weight excluding hydrogens is 364 g/mol. The molecule has 0 spiro atoms. The summed E-state index contributed by atoms with van der Waals surface area (Å²) in [6.45, 7) is 0. The lowest BCUT2D eigenvalue weighted by atomic mass is 10.2. The molecule has 9 heteroatoms. The molecule has 2 aromatic carbocycles. The Hall–Kier alpha value is -3.36. The molecule has 0 aliphatic rings. The van der Waals surface area contributed by atoms with E-state index >= 15 is 0 Å². The number of nitrogens with zero attached hydrogens (tertiary/aromatic N) is 2. The maximum Gasteiger partial charge on any atom is 0.421 e. The molecule has 140 valence electrons. The van der Waals surface area contributed by atoms with Gasteiger partial charge in [-0.15, -0.1) is 0 Å². The van der Waals surface area contributed by atoms with E-state index in [4.69, 9.17) is 4.74 Å². The van der Waals surface area contributed by atoms with E-state index in [9.17, 15) is 17.6 Å². The maximum atomic E-state index is 13.3. The second kappa shape index (κ2) is 7.48. The summed E-state index contributed by atoms with van der Waals surface area (Å²) in [6, 6.07) is 11.6. The number of rotatable bonds is 5. The Morgan fingerprint density at radius 3 is 2.07 bits per heavy atom. The van der Waals surface area contributed by atoms with Gasteiger partial charge in [0.15, 0.2) is 0 Å². The van der Waals surface area contributed by atoms with E-state index in [2.05, 4.69) is 20.6 Å². The molecule has 1 heterocycles. The Morgan fingerprint density at radius 2 is 1.48 bits per heavy atom. The first-order chi connectivity index (χ1) is 12.8. The maximum absolute atomic E-state index is 13.3. The van der Waals surface area contributed by atoms with Crippen LogP contribution in [0.25, 0.3) is 0 Å². The Labute approximate surface area is 152 Å². The summed E-state index contributed by atoms with van der Waals surface area (Å²) in [7, 11) is 1.49. The lowest BCUT2D eigenvalue weighted by molar-refractivity contribution is -0.137. The molecule has 0 bridgehead atoms. The smallest absolute Gasteiger partial charge is 0.421 e. The Bertz CT molecular complexity index is 912. The number of aromatic nitrogens is 2. The van der Waals surface area contributed by atoms with Crippen molar-refractivity contribution in [3.05, 3.63) is 66.1 Å². The molecule has 1 aromatic heterocycles. The summed E-state index contributed by atoms with van der Waals surface area (Å²) in [5.41, 5.74) is -0.178. The molecule has 0 unspecified atom stereocenters. The normalized spacial score (nSPS) is 11.1. The average molecular weight is 378 g/mol. The fraction of sp³-hybridized carbons (Fsp3) is 0.111. The van der Waals surface area contributed by atoms with Gasteiger partial charge in [-0.3, -0.25) is 0 Å². The first-order valence-electron chi connectivity index (χ1n) is 7.73. The number of methoxy groups -OCH3 is 1. The molecule has 3 rings (SSSR count). The fourth-order valence-electron chi connectivity index (χ4n) is 2.22. The number of anilines is 4. The van der Waals surface area contributed by atoms with Crippen LogP contribution in [0.1, 0.15) is 5.56 Å². The highest BCUT2D eigenvalue weighted by molar-refractivity contribution is 5.63. The van der Waals surface area contributed by atoms with E-state index in [1.54, 1.807) is 24.3 Å². The van der Waals surface area contributed by atoms with E-state index in [1.165, 1.54) is 31.4 Å². The highest BCUT2D eigenvalue weighted by Crippen LogP contribution is 2.35. The number of benzene rings is 2. The van der Waals surface area contributed by atoms with Crippen molar-refractivity contribution in [3.63, 3.8) is 0 Å². The minimum Gasteiger partial charge on any atom is -0.497 e. The van der Waals surface area contributed by atoms with Gasteiger partial charge in [0.25, 0.3) is 0 Å². The van der Waals surface area contributed by atoms with Gasteiger partial charge in [-0.25, -0.2) is 9.37 Å². The Kier molecular flexibility index (Phi) is 5.11. The summed E-state index contributed by atoms with van der Waals surface area (Å²) < 4.78 is 57.8. The zero-order valence-electron chi connectivity index (χ0n) is 14.0. The largest absolute Gasteiger partial charge is 0.497 e. The van der Waals surface area contributed by atoms with Gasteiger partial charge in [0.05, 0.1) is 7.11 Å². The fourth-order valence-corrected chi connectivity index (χ4v) is 2.22. The second-order valence-electron chi connectivity index (χ2n) is 5.44. The summed E-state index contributed by atoms with van der Waals surface area (Å²) >= 11 is 0. The zero-order chi connectivity index (χ0) is 19.4. The van der Waals surface area contributed by atoms with Gasteiger partial charge in [0.1, 0.15) is 22.9 Å². The van der Waals surface area contributed by atoms with Crippen LogP contribution in [-0.4, -0.2) is 17.1 Å². The summed E-state index contributed by atoms with van der Waals surface area (Å²) in [5, 5.41) is 5.38. The number of nitrogens with one attached hydrogen (secondary N) is 2. The topological polar surface area (TPSA) is 59.1 Å². The SMILES string of the molecule is COc1ccc(Nc2nc(Nc3ccc(F)cc3)ncc2C(F)(F)F)cc1. The molecule has 0 radical (unpaired) electrons. The van der Waals surface area contributed by atoms with Gasteiger partial charge < -0.3 is 15.4 Å². The minimum atomic E-state index is -4.64. The number of hydrogen-bond acceptors (Lipinski definition) is 5. The molecule has 3 aromatic rings. The van der Waals surface area contributed by atoms with Crippen LogP contribution in [0.15, 0.2) is 54.7 Å². The van der Waals surface area contributed by atoms with Gasteiger partial charge in [-0.1, -0.05) is 0 Å². The number of ether oxygens (including phenoxy) is 1. The van der Waals surface area contributed by atoms with Crippen LogP contribution in [0, 0.1) is 5.82 Å². The molecule has 0 atom stereocenters. The van der Waals surface area contributed by atoms with Crippen LogP contribution >= 0.6 is 0 Å². The molecule has 5 nitrogen and oxygen atoms in total. The van der Waals surface area contributed by atoms with Crippen LogP contribution < -0.4 is 15.4 Å². The number of halogens is 4. The summed E-state index contributed by atoms with van der Waals surface area (Å²) in [5.74, 6) is -0.341. The first kappa shape index (κ1) is 18.4. The van der Waals surface area contributed by atoms with E-state index in [-0.39, 0.29) is 5.95 Å². The van der Waals surface area contributed by atoms with Crippen molar-refractivity contribution in [2.24, 2.45) is 0 Å². The van der Waals surface area contributed by atoms with E-state index < -0.39 is 23.4 Å². The van der Waals surface area contributed by atoms with Crippen LogP contribution in [0.4, 0.5) is 40.7 Å². The van der Waals surface area contributed by atoms with Gasteiger partial charge in [-0.2, -0.15) is 18.2 Å². The van der Waals surface area contributed by atoms with Crippen molar-refractivity contribution < 1.29 is 22.3 Å². The lowest BCUT2D eigenvalue weighted by Crippen LogP contribution is -2.12. The summed E-state index contributed by atoms with van der Waals surface area (Å²) in [4.78, 5) is 7.61. The molecule has 0 fully saturated rings. The van der Waals surface area contributed by atoms with Crippen LogP contribution in [0.5, 0.6) is 5.75 Å². The van der Waals surface area contributed by atoms with Crippen molar-refractivity contribution in [1.29, 1.82) is 0 Å². The van der Waals surface area contributed by atoms with Crippen molar-refractivity contribution >= 4 is 23.1 Å². The monoisotopic (exact) mass is 378 g/mol. The zero-order valence-corrected chi connectivity index (χ0v) is 14.0. The standard InChI is InChI=1S/C18H14F4N4O/c1-27-14-8-6-12(7-9-14)24-16-15(18(20,21)22)10-23-17(26-16)25-13-4-2-11(19)3-5-13/h2-10H,1H3,(H2,23,24,25,26). The van der Waals surface area contributed by atoms with Gasteiger partial charge >= 0.3 is 6.18 Å². The van der Waals surface area contributed by atoms with E-state index in [0.29, 0.717) is 23.3 Å². The summed E-state index contributed by atoms with van der Waals surface area (Å²) in [6.07, 6.45) is -3.95. The molecule has 27 heavy (non-hydrogen) atoms. The molecule has 0 aliphatic heterocycles. The number of alkyl halides is 3. The number of hydrogen-bond donors (Lipinski definition) is 2. The van der Waals surface area contributed by atoms with E-state index in [1.807, 2.05) is 0 Å². The van der Waals surface area contributed by atoms with Crippen LogP contribution in [-0.2, 0) is 6.18 Å². The van der Waals surface area contributed by atoms with E-state index in [0.717, 1.165) is 0 Å². The van der Waals surface area contributed by atoms with Crippen molar-refractivity contribution in [1.82, 2.24) is 9.97 Å². The third-order valence-corrected chi connectivity index (χ3v) is 3.55. The molecule has 0 saturated heterocycles. The Morgan fingerprint density at radius 1 is 0.889 bits per heavy atom. The minimum absolute atomic E-state index is 0.0642. The first-order valence-corrected chi connectivity index (χ1v) is 7.73. The second-order valence-corrected chi connectivity index (χ2v) is 5.44. The Balaban J connectivity index is 1.91. The van der Waals surface area contributed by atoms with Crippen LogP contribution in [0.2, 0.25) is 0 Å². The van der Waals surface area contributed by atoms with Gasteiger partial charge in [-0.05, 0) is 48.5 Å². The molecule has 2 N–H and O–H groups in total. The predicted molar refractivity (Wildman–Crippen MR) is 93.0 cm³/mol. The molecule has 0 amide bonds. The van der Waals surface area contributed by atoms with Crippen molar-refractivity contribution in [2.75, 3.05) is 17.7 Å². The van der Waals surface area contributed by atoms with Gasteiger partial charge in [0.2, 0.25) is 5.95 Å². The van der Waals surface area contributed by atoms with Crippen molar-refractivity contribution in [2.45, 2.75) is 6.18 Å². The van der Waals surface area contributed by atoms with Gasteiger partial charge in [0, 0.05) is 17.6 Å². The molecular formula is C18H14F4N4O. The lowest BCUT2D eigenvalue weighted by Gasteiger charge is -2.15. The predicted octanol–water partition coefficient (Wildman–Crippen LogP) is 5.13. The highest BCUT2D eigenvalue weighted by Gasteiger charge is 2.35. The van der Waals surface area contributed by atoms with Crippen LogP contribution in [0.3, 0.4) is 0 Å².